The van der Waals surface area contributed by atoms with Gasteiger partial charge in [0.2, 0.25) is 5.91 Å². The van der Waals surface area contributed by atoms with Crippen LogP contribution in [0.3, 0.4) is 0 Å². The lowest BCUT2D eigenvalue weighted by Crippen LogP contribution is -2.37. The van der Waals surface area contributed by atoms with Gasteiger partial charge in [-0.15, -0.1) is 11.3 Å². The summed E-state index contributed by atoms with van der Waals surface area (Å²) >= 11 is 5.07. The molecule has 0 aliphatic carbocycles. The monoisotopic (exact) mass is 304 g/mol. The van der Waals surface area contributed by atoms with Crippen molar-refractivity contribution in [2.45, 2.75) is 26.4 Å². The van der Waals surface area contributed by atoms with Gasteiger partial charge in [0.1, 0.15) is 0 Å². The second-order valence-corrected chi connectivity index (χ2v) is 6.54. The number of halogens is 1. The number of hydrogen-bond acceptors (Lipinski definition) is 3. The first kappa shape index (κ1) is 13.7. The van der Waals surface area contributed by atoms with E-state index < -0.39 is 0 Å². The van der Waals surface area contributed by atoms with E-state index in [0.29, 0.717) is 19.1 Å². The molecule has 0 aliphatic rings. The summed E-state index contributed by atoms with van der Waals surface area (Å²) in [5.74, 6) is 0.123. The fourth-order valence-electron chi connectivity index (χ4n) is 1.19. The second kappa shape index (κ2) is 6.37. The Balaban J connectivity index is 2.39. The summed E-state index contributed by atoms with van der Waals surface area (Å²) in [6, 6.07) is 4.38. The Morgan fingerprint density at radius 3 is 2.75 bits per heavy atom. The summed E-state index contributed by atoms with van der Waals surface area (Å²) < 4.78 is 1.10. The minimum Gasteiger partial charge on any atom is -0.340 e. The second-order valence-electron chi connectivity index (χ2n) is 3.99. The van der Waals surface area contributed by atoms with E-state index in [1.165, 1.54) is 4.88 Å². The Bertz CT molecular complexity index is 352. The lowest BCUT2D eigenvalue weighted by Gasteiger charge is -2.17. The van der Waals surface area contributed by atoms with Crippen LogP contribution >= 0.6 is 27.3 Å². The van der Waals surface area contributed by atoms with E-state index in [0.717, 1.165) is 3.79 Å². The molecule has 0 bridgehead atoms. The van der Waals surface area contributed by atoms with Crippen LogP contribution < -0.4 is 5.32 Å². The van der Waals surface area contributed by atoms with Crippen molar-refractivity contribution in [3.63, 3.8) is 0 Å². The lowest BCUT2D eigenvalue weighted by atomic mass is 10.3. The SMILES string of the molecule is CC(C)NCC(=O)N(C)Cc1ccc(Br)s1. The van der Waals surface area contributed by atoms with Crippen LogP contribution in [0.1, 0.15) is 18.7 Å². The molecule has 0 spiro atoms. The lowest BCUT2D eigenvalue weighted by molar-refractivity contribution is -0.129. The Hall–Kier alpha value is -0.390. The van der Waals surface area contributed by atoms with E-state index in [2.05, 4.69) is 21.2 Å². The Morgan fingerprint density at radius 1 is 1.56 bits per heavy atom. The van der Waals surface area contributed by atoms with Crippen LogP contribution in [0.4, 0.5) is 0 Å². The molecule has 1 aromatic rings. The summed E-state index contributed by atoms with van der Waals surface area (Å²) in [7, 11) is 1.83. The predicted molar refractivity (Wildman–Crippen MR) is 71.6 cm³/mol. The van der Waals surface area contributed by atoms with Crippen LogP contribution in [0.5, 0.6) is 0 Å². The molecule has 1 aromatic heterocycles. The highest BCUT2D eigenvalue weighted by Crippen LogP contribution is 2.22. The van der Waals surface area contributed by atoms with Crippen molar-refractivity contribution in [2.24, 2.45) is 0 Å². The highest BCUT2D eigenvalue weighted by molar-refractivity contribution is 9.11. The minimum atomic E-state index is 0.123. The van der Waals surface area contributed by atoms with Crippen molar-refractivity contribution in [3.05, 3.63) is 20.8 Å². The molecule has 16 heavy (non-hydrogen) atoms. The van der Waals surface area contributed by atoms with Gasteiger partial charge in [0.25, 0.3) is 0 Å². The largest absolute Gasteiger partial charge is 0.340 e. The van der Waals surface area contributed by atoms with Crippen molar-refractivity contribution in [2.75, 3.05) is 13.6 Å². The normalized spacial score (nSPS) is 10.8. The van der Waals surface area contributed by atoms with Crippen LogP contribution in [-0.4, -0.2) is 30.4 Å². The molecular formula is C11H17BrN2OS. The van der Waals surface area contributed by atoms with Gasteiger partial charge in [-0.05, 0) is 28.1 Å². The molecule has 5 heteroatoms. The fraction of sp³-hybridized carbons (Fsp3) is 0.545. The van der Waals surface area contributed by atoms with Gasteiger partial charge in [0, 0.05) is 18.0 Å². The number of likely N-dealkylation sites (N-methyl/N-ethyl adjacent to an activating group) is 1. The molecule has 0 radical (unpaired) electrons. The molecule has 0 saturated carbocycles. The van der Waals surface area contributed by atoms with Crippen LogP contribution in [0.25, 0.3) is 0 Å². The molecule has 1 heterocycles. The zero-order valence-electron chi connectivity index (χ0n) is 9.79. The number of carbonyl (C=O) groups excluding carboxylic acids is 1. The fourth-order valence-corrected chi connectivity index (χ4v) is 2.72. The van der Waals surface area contributed by atoms with Gasteiger partial charge in [0.15, 0.2) is 0 Å². The Morgan fingerprint density at radius 2 is 2.25 bits per heavy atom. The van der Waals surface area contributed by atoms with E-state index in [-0.39, 0.29) is 5.91 Å². The maximum Gasteiger partial charge on any atom is 0.236 e. The van der Waals surface area contributed by atoms with Crippen molar-refractivity contribution < 1.29 is 4.79 Å². The molecule has 1 N–H and O–H groups in total. The van der Waals surface area contributed by atoms with Gasteiger partial charge in [-0.25, -0.2) is 0 Å². The van der Waals surface area contributed by atoms with Gasteiger partial charge in [0.05, 0.1) is 16.9 Å². The van der Waals surface area contributed by atoms with Crippen LogP contribution in [0.2, 0.25) is 0 Å². The van der Waals surface area contributed by atoms with E-state index in [9.17, 15) is 4.79 Å². The summed E-state index contributed by atoms with van der Waals surface area (Å²) in [6.07, 6.45) is 0. The molecular weight excluding hydrogens is 288 g/mol. The van der Waals surface area contributed by atoms with Crippen molar-refractivity contribution in [1.29, 1.82) is 0 Å². The smallest absolute Gasteiger partial charge is 0.236 e. The van der Waals surface area contributed by atoms with Crippen LogP contribution in [0, 0.1) is 0 Å². The van der Waals surface area contributed by atoms with Gasteiger partial charge in [-0.2, -0.15) is 0 Å². The molecule has 90 valence electrons. The first-order valence-corrected chi connectivity index (χ1v) is 6.81. The molecule has 3 nitrogen and oxygen atoms in total. The third-order valence-corrected chi connectivity index (χ3v) is 3.72. The van der Waals surface area contributed by atoms with E-state index in [1.54, 1.807) is 16.2 Å². The molecule has 0 fully saturated rings. The van der Waals surface area contributed by atoms with Gasteiger partial charge < -0.3 is 10.2 Å². The van der Waals surface area contributed by atoms with Crippen molar-refractivity contribution >= 4 is 33.2 Å². The topological polar surface area (TPSA) is 32.3 Å². The number of thiophene rings is 1. The molecule has 0 aromatic carbocycles. The number of nitrogens with one attached hydrogen (secondary N) is 1. The number of nitrogens with zero attached hydrogens (tertiary/aromatic N) is 1. The molecule has 0 saturated heterocycles. The average molecular weight is 305 g/mol. The van der Waals surface area contributed by atoms with Gasteiger partial charge in [-0.3, -0.25) is 4.79 Å². The summed E-state index contributed by atoms with van der Waals surface area (Å²) in [4.78, 5) is 14.6. The number of carbonyl (C=O) groups is 1. The van der Waals surface area contributed by atoms with Gasteiger partial charge >= 0.3 is 0 Å². The summed E-state index contributed by atoms with van der Waals surface area (Å²) in [5, 5.41) is 3.12. The highest BCUT2D eigenvalue weighted by Gasteiger charge is 2.10. The predicted octanol–water partition coefficient (Wildman–Crippen LogP) is 2.47. The quantitative estimate of drug-likeness (QED) is 0.906. The molecule has 1 rings (SSSR count). The van der Waals surface area contributed by atoms with E-state index >= 15 is 0 Å². The summed E-state index contributed by atoms with van der Waals surface area (Å²) in [6.45, 7) is 5.14. The zero-order chi connectivity index (χ0) is 12.1. The molecule has 0 atom stereocenters. The third-order valence-electron chi connectivity index (χ3n) is 2.11. The highest BCUT2D eigenvalue weighted by atomic mass is 79.9. The van der Waals surface area contributed by atoms with Crippen molar-refractivity contribution in [3.8, 4) is 0 Å². The Kier molecular flexibility index (Phi) is 5.44. The molecule has 0 unspecified atom stereocenters. The summed E-state index contributed by atoms with van der Waals surface area (Å²) in [5.41, 5.74) is 0. The molecule has 1 amide bonds. The number of hydrogen-bond donors (Lipinski definition) is 1. The van der Waals surface area contributed by atoms with E-state index in [1.807, 2.05) is 33.0 Å². The maximum absolute atomic E-state index is 11.7. The average Bonchev–Trinajstić information content (AvgIpc) is 2.60. The first-order chi connectivity index (χ1) is 7.49. The van der Waals surface area contributed by atoms with Crippen LogP contribution in [-0.2, 0) is 11.3 Å². The Labute approximate surface area is 109 Å². The number of rotatable bonds is 5. The zero-order valence-corrected chi connectivity index (χ0v) is 12.2. The van der Waals surface area contributed by atoms with E-state index in [4.69, 9.17) is 0 Å². The standard InChI is InChI=1S/C11H17BrN2OS/c1-8(2)13-6-11(15)14(3)7-9-4-5-10(12)16-9/h4-5,8,13H,6-7H2,1-3H3. The maximum atomic E-state index is 11.7. The minimum absolute atomic E-state index is 0.123. The molecule has 0 aliphatic heterocycles. The number of amides is 1. The third kappa shape index (κ3) is 4.63. The van der Waals surface area contributed by atoms with Gasteiger partial charge in [-0.1, -0.05) is 13.8 Å². The van der Waals surface area contributed by atoms with Crippen LogP contribution in [0.15, 0.2) is 15.9 Å². The first-order valence-electron chi connectivity index (χ1n) is 5.20. The van der Waals surface area contributed by atoms with Crippen molar-refractivity contribution in [1.82, 2.24) is 10.2 Å².